The Labute approximate surface area is 97.1 Å². The zero-order chi connectivity index (χ0) is 11.4. The summed E-state index contributed by atoms with van der Waals surface area (Å²) in [5.74, 6) is 1.42. The van der Waals surface area contributed by atoms with Crippen LogP contribution in [0.15, 0.2) is 24.3 Å². The fraction of sp³-hybridized carbons (Fsp3) is 0.571. The number of benzene rings is 1. The standard InChI is InChI=1S/C14H20FN/c1-11-8-9-16-10-13(11)7-6-12-4-2-3-5-14(12)15/h2-5,11,13,16H,6-10H2,1H3. The van der Waals surface area contributed by atoms with Crippen molar-refractivity contribution >= 4 is 0 Å². The summed E-state index contributed by atoms with van der Waals surface area (Å²) < 4.78 is 13.4. The number of hydrogen-bond donors (Lipinski definition) is 1. The highest BCUT2D eigenvalue weighted by Gasteiger charge is 2.20. The Morgan fingerprint density at radius 1 is 1.38 bits per heavy atom. The van der Waals surface area contributed by atoms with E-state index in [1.165, 1.54) is 6.42 Å². The van der Waals surface area contributed by atoms with E-state index in [0.29, 0.717) is 5.92 Å². The fourth-order valence-corrected chi connectivity index (χ4v) is 2.48. The zero-order valence-electron chi connectivity index (χ0n) is 9.88. The lowest BCUT2D eigenvalue weighted by Crippen LogP contribution is -2.35. The molecule has 1 fully saturated rings. The first-order chi connectivity index (χ1) is 7.77. The third kappa shape index (κ3) is 2.82. The lowest BCUT2D eigenvalue weighted by molar-refractivity contribution is 0.259. The van der Waals surface area contributed by atoms with Gasteiger partial charge in [-0.2, -0.15) is 0 Å². The van der Waals surface area contributed by atoms with Crippen molar-refractivity contribution < 1.29 is 4.39 Å². The molecule has 1 heterocycles. The van der Waals surface area contributed by atoms with Crippen LogP contribution in [-0.2, 0) is 6.42 Å². The molecule has 0 bridgehead atoms. The number of hydrogen-bond acceptors (Lipinski definition) is 1. The highest BCUT2D eigenvalue weighted by molar-refractivity contribution is 5.17. The van der Waals surface area contributed by atoms with Gasteiger partial charge in [-0.1, -0.05) is 25.1 Å². The molecule has 16 heavy (non-hydrogen) atoms. The van der Waals surface area contributed by atoms with Crippen molar-refractivity contribution in [2.45, 2.75) is 26.2 Å². The van der Waals surface area contributed by atoms with E-state index in [9.17, 15) is 4.39 Å². The van der Waals surface area contributed by atoms with Crippen LogP contribution in [0.2, 0.25) is 0 Å². The molecule has 2 heteroatoms. The Morgan fingerprint density at radius 2 is 2.19 bits per heavy atom. The van der Waals surface area contributed by atoms with Gasteiger partial charge in [0, 0.05) is 0 Å². The van der Waals surface area contributed by atoms with E-state index in [1.54, 1.807) is 12.1 Å². The van der Waals surface area contributed by atoms with Gasteiger partial charge in [-0.3, -0.25) is 0 Å². The van der Waals surface area contributed by atoms with Crippen molar-refractivity contribution in [1.82, 2.24) is 5.32 Å². The van der Waals surface area contributed by atoms with Gasteiger partial charge in [-0.15, -0.1) is 0 Å². The summed E-state index contributed by atoms with van der Waals surface area (Å²) in [6, 6.07) is 7.12. The predicted octanol–water partition coefficient (Wildman–Crippen LogP) is 3.00. The smallest absolute Gasteiger partial charge is 0.126 e. The molecule has 0 saturated carbocycles. The summed E-state index contributed by atoms with van der Waals surface area (Å²) in [5, 5.41) is 3.42. The first-order valence-electron chi connectivity index (χ1n) is 6.21. The molecule has 0 aliphatic carbocycles. The van der Waals surface area contributed by atoms with Crippen molar-refractivity contribution in [2.24, 2.45) is 11.8 Å². The third-order valence-corrected chi connectivity index (χ3v) is 3.73. The van der Waals surface area contributed by atoms with Gasteiger partial charge in [0.1, 0.15) is 5.82 Å². The topological polar surface area (TPSA) is 12.0 Å². The summed E-state index contributed by atoms with van der Waals surface area (Å²) in [7, 11) is 0. The molecule has 1 aliphatic heterocycles. The van der Waals surface area contributed by atoms with Gasteiger partial charge in [0.05, 0.1) is 0 Å². The second kappa shape index (κ2) is 5.44. The molecule has 1 nitrogen and oxygen atoms in total. The molecule has 0 radical (unpaired) electrons. The average molecular weight is 221 g/mol. The highest BCUT2D eigenvalue weighted by atomic mass is 19.1. The molecule has 0 aromatic heterocycles. The summed E-state index contributed by atoms with van der Waals surface area (Å²) in [6.45, 7) is 4.54. The quantitative estimate of drug-likeness (QED) is 0.827. The average Bonchev–Trinajstić information content (AvgIpc) is 2.30. The SMILES string of the molecule is CC1CCNCC1CCc1ccccc1F. The van der Waals surface area contributed by atoms with Gasteiger partial charge in [-0.05, 0) is 55.8 Å². The number of piperidine rings is 1. The number of rotatable bonds is 3. The van der Waals surface area contributed by atoms with Crippen LogP contribution in [0.4, 0.5) is 4.39 Å². The van der Waals surface area contributed by atoms with Crippen LogP contribution >= 0.6 is 0 Å². The van der Waals surface area contributed by atoms with Gasteiger partial charge in [0.2, 0.25) is 0 Å². The van der Waals surface area contributed by atoms with Gasteiger partial charge in [-0.25, -0.2) is 4.39 Å². The third-order valence-electron chi connectivity index (χ3n) is 3.73. The van der Waals surface area contributed by atoms with Crippen molar-refractivity contribution in [2.75, 3.05) is 13.1 Å². The van der Waals surface area contributed by atoms with Crippen LogP contribution < -0.4 is 5.32 Å². The van der Waals surface area contributed by atoms with Crippen LogP contribution in [0.5, 0.6) is 0 Å². The van der Waals surface area contributed by atoms with E-state index in [4.69, 9.17) is 0 Å². The fourth-order valence-electron chi connectivity index (χ4n) is 2.48. The molecule has 1 saturated heterocycles. The van der Waals surface area contributed by atoms with E-state index in [1.807, 2.05) is 12.1 Å². The molecule has 2 rings (SSSR count). The van der Waals surface area contributed by atoms with E-state index in [-0.39, 0.29) is 5.82 Å². The van der Waals surface area contributed by atoms with Crippen molar-refractivity contribution in [3.8, 4) is 0 Å². The maximum atomic E-state index is 13.4. The Hall–Kier alpha value is -0.890. The Morgan fingerprint density at radius 3 is 2.94 bits per heavy atom. The number of nitrogens with one attached hydrogen (secondary N) is 1. The normalized spacial score (nSPS) is 25.6. The van der Waals surface area contributed by atoms with Gasteiger partial charge in [0.15, 0.2) is 0 Å². The maximum Gasteiger partial charge on any atom is 0.126 e. The molecular weight excluding hydrogens is 201 g/mol. The molecule has 88 valence electrons. The zero-order valence-corrected chi connectivity index (χ0v) is 9.88. The molecule has 0 spiro atoms. The predicted molar refractivity (Wildman–Crippen MR) is 64.9 cm³/mol. The molecule has 1 aliphatic rings. The summed E-state index contributed by atoms with van der Waals surface area (Å²) in [6.07, 6.45) is 3.21. The lowest BCUT2D eigenvalue weighted by atomic mass is 9.84. The van der Waals surface area contributed by atoms with Crippen LogP contribution in [0.1, 0.15) is 25.3 Å². The summed E-state index contributed by atoms with van der Waals surface area (Å²) >= 11 is 0. The molecule has 2 unspecified atom stereocenters. The number of aryl methyl sites for hydroxylation is 1. The largest absolute Gasteiger partial charge is 0.316 e. The van der Waals surface area contributed by atoms with E-state index in [2.05, 4.69) is 12.2 Å². The number of halogens is 1. The summed E-state index contributed by atoms with van der Waals surface area (Å²) in [4.78, 5) is 0. The molecule has 1 aromatic rings. The highest BCUT2D eigenvalue weighted by Crippen LogP contribution is 2.23. The van der Waals surface area contributed by atoms with E-state index < -0.39 is 0 Å². The van der Waals surface area contributed by atoms with E-state index >= 15 is 0 Å². The van der Waals surface area contributed by atoms with Crippen LogP contribution in [0.25, 0.3) is 0 Å². The van der Waals surface area contributed by atoms with Crippen LogP contribution in [0, 0.1) is 17.7 Å². The minimum Gasteiger partial charge on any atom is -0.316 e. The Kier molecular flexibility index (Phi) is 3.94. The van der Waals surface area contributed by atoms with Crippen molar-refractivity contribution in [3.63, 3.8) is 0 Å². The Bertz CT molecular complexity index is 337. The van der Waals surface area contributed by atoms with E-state index in [0.717, 1.165) is 37.4 Å². The second-order valence-corrected chi connectivity index (χ2v) is 4.86. The minimum absolute atomic E-state index is 0.0566. The molecular formula is C14H20FN. The van der Waals surface area contributed by atoms with Crippen LogP contribution in [-0.4, -0.2) is 13.1 Å². The first kappa shape index (κ1) is 11.6. The van der Waals surface area contributed by atoms with Crippen molar-refractivity contribution in [1.29, 1.82) is 0 Å². The second-order valence-electron chi connectivity index (χ2n) is 4.86. The van der Waals surface area contributed by atoms with Gasteiger partial charge >= 0.3 is 0 Å². The summed E-state index contributed by atoms with van der Waals surface area (Å²) in [5.41, 5.74) is 0.861. The van der Waals surface area contributed by atoms with Crippen LogP contribution in [0.3, 0.4) is 0 Å². The minimum atomic E-state index is -0.0566. The first-order valence-corrected chi connectivity index (χ1v) is 6.21. The molecule has 1 aromatic carbocycles. The molecule has 0 amide bonds. The van der Waals surface area contributed by atoms with Crippen molar-refractivity contribution in [3.05, 3.63) is 35.6 Å². The Balaban J connectivity index is 1.89. The van der Waals surface area contributed by atoms with Gasteiger partial charge in [0.25, 0.3) is 0 Å². The maximum absolute atomic E-state index is 13.4. The lowest BCUT2D eigenvalue weighted by Gasteiger charge is -2.29. The monoisotopic (exact) mass is 221 g/mol. The molecule has 2 atom stereocenters. The molecule has 1 N–H and O–H groups in total. The van der Waals surface area contributed by atoms with Gasteiger partial charge < -0.3 is 5.32 Å².